The summed E-state index contributed by atoms with van der Waals surface area (Å²) in [7, 11) is 0. The predicted octanol–water partition coefficient (Wildman–Crippen LogP) is 2.13. The van der Waals surface area contributed by atoms with Crippen LogP contribution in [0.2, 0.25) is 0 Å². The summed E-state index contributed by atoms with van der Waals surface area (Å²) in [6.45, 7) is 0.344. The number of nitrogens with one attached hydrogen (secondary N) is 1. The van der Waals surface area contributed by atoms with Crippen LogP contribution in [0.25, 0.3) is 11.4 Å². The van der Waals surface area contributed by atoms with Crippen LogP contribution in [0.4, 0.5) is 24.9 Å². The van der Waals surface area contributed by atoms with E-state index in [4.69, 9.17) is 5.73 Å². The quantitative estimate of drug-likeness (QED) is 0.744. The Morgan fingerprint density at radius 1 is 1.12 bits per heavy atom. The first-order valence-electron chi connectivity index (χ1n) is 6.60. The molecule has 0 spiro atoms. The lowest BCUT2D eigenvalue weighted by atomic mass is 10.2. The third-order valence-electron chi connectivity index (χ3n) is 2.88. The lowest BCUT2D eigenvalue weighted by Crippen LogP contribution is -2.05. The Balaban J connectivity index is 1.68. The largest absolute Gasteiger partial charge is 0.471 e. The van der Waals surface area contributed by atoms with Crippen molar-refractivity contribution in [2.45, 2.75) is 12.7 Å². The van der Waals surface area contributed by atoms with Gasteiger partial charge in [-0.25, -0.2) is 4.98 Å². The van der Waals surface area contributed by atoms with Crippen molar-refractivity contribution in [3.63, 3.8) is 0 Å². The van der Waals surface area contributed by atoms with Crippen LogP contribution < -0.4 is 11.1 Å². The predicted molar refractivity (Wildman–Crippen MR) is 76.3 cm³/mol. The molecule has 0 saturated carbocycles. The number of rotatable bonds is 4. The summed E-state index contributed by atoms with van der Waals surface area (Å²) in [5, 5.41) is 6.29. The van der Waals surface area contributed by atoms with Gasteiger partial charge in [0.15, 0.2) is 0 Å². The lowest BCUT2D eigenvalue weighted by molar-refractivity contribution is -0.159. The first-order valence-corrected chi connectivity index (χ1v) is 6.60. The maximum absolute atomic E-state index is 12.4. The SMILES string of the molecule is Nc1nccc(NCc2ccc(-c3noc(C(F)(F)F)n3)cn2)n1. The highest BCUT2D eigenvalue weighted by atomic mass is 19.4. The van der Waals surface area contributed by atoms with Crippen molar-refractivity contribution in [3.05, 3.63) is 42.2 Å². The van der Waals surface area contributed by atoms with E-state index in [1.165, 1.54) is 12.4 Å². The highest BCUT2D eigenvalue weighted by Gasteiger charge is 2.38. The van der Waals surface area contributed by atoms with Gasteiger partial charge in [-0.3, -0.25) is 4.98 Å². The average Bonchev–Trinajstić information content (AvgIpc) is 3.04. The minimum absolute atomic E-state index is 0.140. The van der Waals surface area contributed by atoms with Gasteiger partial charge in [-0.1, -0.05) is 5.16 Å². The van der Waals surface area contributed by atoms with Gasteiger partial charge in [-0.05, 0) is 18.2 Å². The lowest BCUT2D eigenvalue weighted by Gasteiger charge is -2.05. The molecule has 3 aromatic heterocycles. The van der Waals surface area contributed by atoms with E-state index in [9.17, 15) is 13.2 Å². The normalized spacial score (nSPS) is 11.5. The van der Waals surface area contributed by atoms with Gasteiger partial charge in [0.1, 0.15) is 5.82 Å². The molecule has 0 amide bonds. The van der Waals surface area contributed by atoms with E-state index in [2.05, 4.69) is 34.9 Å². The Kier molecular flexibility index (Phi) is 3.98. The molecular formula is C13H10F3N7O. The molecule has 0 bridgehead atoms. The summed E-state index contributed by atoms with van der Waals surface area (Å²) in [6, 6.07) is 4.81. The van der Waals surface area contributed by atoms with Crippen LogP contribution in [-0.2, 0) is 12.7 Å². The molecule has 24 heavy (non-hydrogen) atoms. The zero-order valence-corrected chi connectivity index (χ0v) is 11.9. The molecule has 0 aliphatic rings. The molecule has 3 heterocycles. The van der Waals surface area contributed by atoms with Gasteiger partial charge < -0.3 is 15.6 Å². The fourth-order valence-corrected chi connectivity index (χ4v) is 1.77. The van der Waals surface area contributed by atoms with Crippen molar-refractivity contribution in [2.75, 3.05) is 11.1 Å². The van der Waals surface area contributed by atoms with E-state index in [1.54, 1.807) is 18.2 Å². The van der Waals surface area contributed by atoms with Crippen LogP contribution in [0.15, 0.2) is 35.1 Å². The molecule has 0 atom stereocenters. The number of aromatic nitrogens is 5. The molecule has 0 saturated heterocycles. The van der Waals surface area contributed by atoms with Crippen LogP contribution in [0, 0.1) is 0 Å². The smallest absolute Gasteiger partial charge is 0.368 e. The van der Waals surface area contributed by atoms with Gasteiger partial charge in [0.2, 0.25) is 11.8 Å². The highest BCUT2D eigenvalue weighted by molar-refractivity contribution is 5.52. The third-order valence-corrected chi connectivity index (χ3v) is 2.88. The first kappa shape index (κ1) is 15.6. The van der Waals surface area contributed by atoms with Crippen molar-refractivity contribution in [2.24, 2.45) is 0 Å². The number of halogens is 3. The van der Waals surface area contributed by atoms with Crippen LogP contribution >= 0.6 is 0 Å². The summed E-state index contributed by atoms with van der Waals surface area (Å²) in [5.41, 5.74) is 6.41. The first-order chi connectivity index (χ1) is 11.4. The summed E-state index contributed by atoms with van der Waals surface area (Å²) in [6.07, 6.45) is -1.81. The van der Waals surface area contributed by atoms with Gasteiger partial charge >= 0.3 is 12.1 Å². The van der Waals surface area contributed by atoms with Gasteiger partial charge in [0, 0.05) is 18.0 Å². The maximum atomic E-state index is 12.4. The van der Waals surface area contributed by atoms with Crippen molar-refractivity contribution >= 4 is 11.8 Å². The molecule has 0 fully saturated rings. The number of pyridine rings is 1. The minimum atomic E-state index is -4.68. The average molecular weight is 337 g/mol. The van der Waals surface area contributed by atoms with E-state index in [0.29, 0.717) is 23.6 Å². The molecule has 124 valence electrons. The molecule has 3 N–H and O–H groups in total. The molecule has 0 unspecified atom stereocenters. The van der Waals surface area contributed by atoms with Gasteiger partial charge in [-0.2, -0.15) is 23.1 Å². The number of nitrogens with zero attached hydrogens (tertiary/aromatic N) is 5. The van der Waals surface area contributed by atoms with Crippen molar-refractivity contribution in [1.82, 2.24) is 25.1 Å². The Labute approximate surface area is 133 Å². The number of nitrogens with two attached hydrogens (primary N) is 1. The van der Waals surface area contributed by atoms with Crippen LogP contribution in [0.3, 0.4) is 0 Å². The monoisotopic (exact) mass is 337 g/mol. The van der Waals surface area contributed by atoms with E-state index in [0.717, 1.165) is 0 Å². The van der Waals surface area contributed by atoms with Crippen LogP contribution in [0.1, 0.15) is 11.6 Å². The van der Waals surface area contributed by atoms with Gasteiger partial charge in [0.25, 0.3) is 0 Å². The maximum Gasteiger partial charge on any atom is 0.471 e. The van der Waals surface area contributed by atoms with Gasteiger partial charge in [0.05, 0.1) is 12.2 Å². The molecule has 0 aliphatic carbocycles. The topological polar surface area (TPSA) is 116 Å². The molecular weight excluding hydrogens is 327 g/mol. The molecule has 0 aromatic carbocycles. The van der Waals surface area contributed by atoms with E-state index >= 15 is 0 Å². The minimum Gasteiger partial charge on any atom is -0.368 e. The molecule has 0 radical (unpaired) electrons. The summed E-state index contributed by atoms with van der Waals surface area (Å²) in [4.78, 5) is 15.2. The molecule has 0 aliphatic heterocycles. The third kappa shape index (κ3) is 3.56. The molecule has 8 nitrogen and oxygen atoms in total. The van der Waals surface area contributed by atoms with Gasteiger partial charge in [-0.15, -0.1) is 0 Å². The zero-order valence-electron chi connectivity index (χ0n) is 11.9. The Morgan fingerprint density at radius 3 is 2.58 bits per heavy atom. The Bertz CT molecular complexity index is 832. The second-order valence-corrected chi connectivity index (χ2v) is 4.61. The fraction of sp³-hybridized carbons (Fsp3) is 0.154. The highest BCUT2D eigenvalue weighted by Crippen LogP contribution is 2.29. The molecule has 11 heteroatoms. The van der Waals surface area contributed by atoms with E-state index in [1.807, 2.05) is 0 Å². The fourth-order valence-electron chi connectivity index (χ4n) is 1.77. The molecule has 3 aromatic rings. The zero-order chi connectivity index (χ0) is 17.2. The summed E-state index contributed by atoms with van der Waals surface area (Å²) < 4.78 is 41.5. The van der Waals surface area contributed by atoms with Crippen molar-refractivity contribution < 1.29 is 17.7 Å². The van der Waals surface area contributed by atoms with Crippen molar-refractivity contribution in [3.8, 4) is 11.4 Å². The van der Waals surface area contributed by atoms with E-state index in [-0.39, 0.29) is 11.8 Å². The second-order valence-electron chi connectivity index (χ2n) is 4.61. The van der Waals surface area contributed by atoms with E-state index < -0.39 is 12.1 Å². The summed E-state index contributed by atoms with van der Waals surface area (Å²) >= 11 is 0. The standard InChI is InChI=1S/C13H10F3N7O/c14-13(15,16)11-22-10(23-24-11)7-1-2-8(19-5-7)6-20-9-3-4-18-12(17)21-9/h1-5H,6H2,(H3,17,18,20,21). The number of hydrogen-bond acceptors (Lipinski definition) is 8. The molecule has 3 rings (SSSR count). The number of anilines is 2. The Morgan fingerprint density at radius 2 is 1.96 bits per heavy atom. The Hall–Kier alpha value is -3.24. The number of hydrogen-bond donors (Lipinski definition) is 2. The number of alkyl halides is 3. The summed E-state index contributed by atoms with van der Waals surface area (Å²) in [5.74, 6) is -0.912. The van der Waals surface area contributed by atoms with Crippen LogP contribution in [-0.4, -0.2) is 25.1 Å². The second kappa shape index (κ2) is 6.10. The van der Waals surface area contributed by atoms with Crippen molar-refractivity contribution in [1.29, 1.82) is 0 Å². The van der Waals surface area contributed by atoms with Crippen LogP contribution in [0.5, 0.6) is 0 Å². The number of nitrogen functional groups attached to an aromatic ring is 1.